The smallest absolute Gasteiger partial charge is 0.254 e. The summed E-state index contributed by atoms with van der Waals surface area (Å²) in [6, 6.07) is 3.77. The van der Waals surface area contributed by atoms with Crippen LogP contribution in [0.15, 0.2) is 32.2 Å². The van der Waals surface area contributed by atoms with Crippen molar-refractivity contribution in [2.45, 2.75) is 33.4 Å². The molecule has 0 saturated heterocycles. The van der Waals surface area contributed by atoms with Crippen LogP contribution in [0, 0.1) is 24.5 Å². The third-order valence-electron chi connectivity index (χ3n) is 5.18. The molecule has 1 aromatic heterocycles. The molecular weight excluding hydrogens is 396 g/mol. The predicted molar refractivity (Wildman–Crippen MR) is 107 cm³/mol. The van der Waals surface area contributed by atoms with Crippen molar-refractivity contribution in [3.05, 3.63) is 72.9 Å². The lowest BCUT2D eigenvalue weighted by Gasteiger charge is -2.24. The van der Waals surface area contributed by atoms with Gasteiger partial charge in [-0.15, -0.1) is 0 Å². The number of carbonyl (C=O) groups is 1. The Bertz CT molecular complexity index is 1240. The van der Waals surface area contributed by atoms with Crippen LogP contribution in [0.2, 0.25) is 0 Å². The molecule has 0 radical (unpaired) electrons. The number of benzene rings is 1. The number of fused-ring (bicyclic) bond motifs is 1. The molecule has 0 bridgehead atoms. The number of hydrogen-bond donors (Lipinski definition) is 3. The zero-order valence-electron chi connectivity index (χ0n) is 16.5. The predicted octanol–water partition coefficient (Wildman–Crippen LogP) is 3.26. The van der Waals surface area contributed by atoms with Crippen molar-refractivity contribution in [1.29, 1.82) is 0 Å². The minimum Gasteiger partial charge on any atom is -0.464 e. The van der Waals surface area contributed by atoms with E-state index in [-0.39, 0.29) is 40.7 Å². The van der Waals surface area contributed by atoms with Gasteiger partial charge in [0, 0.05) is 18.2 Å². The summed E-state index contributed by atoms with van der Waals surface area (Å²) in [5.74, 6) is -1.30. The molecule has 2 heterocycles. The summed E-state index contributed by atoms with van der Waals surface area (Å²) >= 11 is 0. The van der Waals surface area contributed by atoms with Crippen molar-refractivity contribution in [2.24, 2.45) is 5.92 Å². The standard InChI is InChI=1S/C21H19F2N3O4/c1-8(2)15(13-5-4-9(3)30-13)25-17-18(20(28)19(17)27)26-16-12(23)6-11(22)10-7-24-21(29)14(10)16/h4-6,8,15,25-26H,7H2,1-3H3,(H,24,29). The van der Waals surface area contributed by atoms with Crippen molar-refractivity contribution in [3.63, 3.8) is 0 Å². The average molecular weight is 415 g/mol. The number of furan rings is 1. The van der Waals surface area contributed by atoms with Crippen molar-refractivity contribution in [3.8, 4) is 0 Å². The number of amides is 1. The van der Waals surface area contributed by atoms with Crippen LogP contribution in [0.5, 0.6) is 0 Å². The van der Waals surface area contributed by atoms with Gasteiger partial charge >= 0.3 is 0 Å². The molecule has 1 atom stereocenters. The second kappa shape index (κ2) is 7.08. The van der Waals surface area contributed by atoms with Crippen LogP contribution >= 0.6 is 0 Å². The maximum absolute atomic E-state index is 14.5. The minimum atomic E-state index is -1.04. The summed E-state index contributed by atoms with van der Waals surface area (Å²) < 4.78 is 34.1. The summed E-state index contributed by atoms with van der Waals surface area (Å²) in [5.41, 5.74) is -2.39. The topological polar surface area (TPSA) is 100 Å². The molecule has 1 aliphatic rings. The quantitative estimate of drug-likeness (QED) is 0.535. The molecule has 1 amide bonds. The van der Waals surface area contributed by atoms with Crippen LogP contribution in [-0.2, 0) is 6.54 Å². The molecule has 156 valence electrons. The van der Waals surface area contributed by atoms with Crippen molar-refractivity contribution < 1.29 is 18.0 Å². The van der Waals surface area contributed by atoms with Crippen molar-refractivity contribution >= 4 is 23.0 Å². The van der Waals surface area contributed by atoms with E-state index in [1.165, 1.54) is 0 Å². The van der Waals surface area contributed by atoms with Gasteiger partial charge < -0.3 is 20.4 Å². The van der Waals surface area contributed by atoms with E-state index in [2.05, 4.69) is 16.0 Å². The summed E-state index contributed by atoms with van der Waals surface area (Å²) in [6.07, 6.45) is 0. The van der Waals surface area contributed by atoms with E-state index in [9.17, 15) is 23.2 Å². The molecule has 1 unspecified atom stereocenters. The van der Waals surface area contributed by atoms with E-state index in [4.69, 9.17) is 4.42 Å². The Morgan fingerprint density at radius 3 is 2.37 bits per heavy atom. The van der Waals surface area contributed by atoms with Crippen LogP contribution in [0.1, 0.15) is 47.3 Å². The second-order valence-corrected chi connectivity index (χ2v) is 7.60. The monoisotopic (exact) mass is 415 g/mol. The van der Waals surface area contributed by atoms with E-state index >= 15 is 0 Å². The number of rotatable bonds is 6. The molecule has 3 N–H and O–H groups in total. The third-order valence-corrected chi connectivity index (χ3v) is 5.18. The fraction of sp³-hybridized carbons (Fsp3) is 0.286. The van der Waals surface area contributed by atoms with Gasteiger partial charge in [-0.25, -0.2) is 8.78 Å². The fourth-order valence-electron chi connectivity index (χ4n) is 3.58. The molecule has 1 aliphatic heterocycles. The fourth-order valence-corrected chi connectivity index (χ4v) is 3.58. The molecule has 3 aromatic rings. The Morgan fingerprint density at radius 2 is 1.73 bits per heavy atom. The first kappa shape index (κ1) is 19.8. The molecule has 7 nitrogen and oxygen atoms in total. The molecule has 0 fully saturated rings. The summed E-state index contributed by atoms with van der Waals surface area (Å²) in [4.78, 5) is 36.5. The van der Waals surface area contributed by atoms with Crippen LogP contribution in [0.4, 0.5) is 25.8 Å². The van der Waals surface area contributed by atoms with E-state index in [0.29, 0.717) is 17.6 Å². The van der Waals surface area contributed by atoms with Gasteiger partial charge in [-0.2, -0.15) is 0 Å². The van der Waals surface area contributed by atoms with Gasteiger partial charge in [-0.1, -0.05) is 13.8 Å². The lowest BCUT2D eigenvalue weighted by atomic mass is 10.00. The van der Waals surface area contributed by atoms with Gasteiger partial charge in [0.15, 0.2) is 0 Å². The zero-order chi connectivity index (χ0) is 21.7. The van der Waals surface area contributed by atoms with Crippen LogP contribution in [-0.4, -0.2) is 5.91 Å². The van der Waals surface area contributed by atoms with Crippen LogP contribution in [0.25, 0.3) is 0 Å². The molecule has 4 rings (SSSR count). The van der Waals surface area contributed by atoms with Gasteiger partial charge in [0.25, 0.3) is 16.8 Å². The lowest BCUT2D eigenvalue weighted by Crippen LogP contribution is -2.38. The first-order valence-corrected chi connectivity index (χ1v) is 9.41. The van der Waals surface area contributed by atoms with E-state index in [1.807, 2.05) is 13.8 Å². The summed E-state index contributed by atoms with van der Waals surface area (Å²) in [7, 11) is 0. The molecule has 9 heteroatoms. The molecule has 0 aliphatic carbocycles. The molecular formula is C21H19F2N3O4. The minimum absolute atomic E-state index is 0.00299. The highest BCUT2D eigenvalue weighted by atomic mass is 19.1. The summed E-state index contributed by atoms with van der Waals surface area (Å²) in [5, 5.41) is 7.97. The first-order valence-electron chi connectivity index (χ1n) is 9.41. The van der Waals surface area contributed by atoms with Crippen LogP contribution < -0.4 is 26.8 Å². The normalized spacial score (nSPS) is 14.1. The second-order valence-electron chi connectivity index (χ2n) is 7.60. The lowest BCUT2D eigenvalue weighted by molar-refractivity contribution is 0.0966. The molecule has 0 spiro atoms. The maximum atomic E-state index is 14.5. The first-order chi connectivity index (χ1) is 14.2. The zero-order valence-corrected chi connectivity index (χ0v) is 16.5. The number of nitrogens with one attached hydrogen (secondary N) is 3. The van der Waals surface area contributed by atoms with Crippen LogP contribution in [0.3, 0.4) is 0 Å². The highest BCUT2D eigenvalue weighted by molar-refractivity contribution is 6.04. The van der Waals surface area contributed by atoms with E-state index in [1.54, 1.807) is 19.1 Å². The number of halogens is 2. The Hall–Kier alpha value is -3.49. The number of hydrogen-bond acceptors (Lipinski definition) is 6. The number of carbonyl (C=O) groups excluding carboxylic acids is 1. The van der Waals surface area contributed by atoms with E-state index in [0.717, 1.165) is 0 Å². The Morgan fingerprint density at radius 1 is 1.03 bits per heavy atom. The van der Waals surface area contributed by atoms with E-state index < -0.39 is 34.4 Å². The average Bonchev–Trinajstić information content (AvgIpc) is 3.29. The van der Waals surface area contributed by atoms with Gasteiger partial charge in [0.1, 0.15) is 34.5 Å². The molecule has 2 aromatic carbocycles. The molecule has 30 heavy (non-hydrogen) atoms. The van der Waals surface area contributed by atoms with Gasteiger partial charge in [0.05, 0.1) is 17.3 Å². The highest BCUT2D eigenvalue weighted by Crippen LogP contribution is 2.35. The molecule has 0 saturated carbocycles. The SMILES string of the molecule is Cc1ccc(C(Nc2c(Nc3c(F)cc(F)c4c3C(=O)NC4)c(=O)c2=O)C(C)C)o1. The highest BCUT2D eigenvalue weighted by Gasteiger charge is 2.32. The van der Waals surface area contributed by atoms with Gasteiger partial charge in [0.2, 0.25) is 0 Å². The Labute approximate surface area is 169 Å². The Balaban J connectivity index is 1.72. The maximum Gasteiger partial charge on any atom is 0.254 e. The van der Waals surface area contributed by atoms with Crippen molar-refractivity contribution in [1.82, 2.24) is 5.32 Å². The number of anilines is 3. The third kappa shape index (κ3) is 3.06. The summed E-state index contributed by atoms with van der Waals surface area (Å²) in [6.45, 7) is 5.52. The van der Waals surface area contributed by atoms with Crippen molar-refractivity contribution in [2.75, 3.05) is 10.6 Å². The Kier molecular flexibility index (Phi) is 4.68. The largest absolute Gasteiger partial charge is 0.464 e. The van der Waals surface area contributed by atoms with Gasteiger partial charge in [-0.3, -0.25) is 14.4 Å². The number of aryl methyl sites for hydroxylation is 1. The van der Waals surface area contributed by atoms with Gasteiger partial charge in [-0.05, 0) is 25.0 Å².